The zero-order valence-electron chi connectivity index (χ0n) is 17.2. The van der Waals surface area contributed by atoms with Gasteiger partial charge in [0.25, 0.3) is 0 Å². The summed E-state index contributed by atoms with van der Waals surface area (Å²) >= 11 is 6.04. The Morgan fingerprint density at radius 2 is 1.67 bits per heavy atom. The van der Waals surface area contributed by atoms with Gasteiger partial charge in [-0.05, 0) is 74.0 Å². The SMILES string of the molecule is CCCCOc1ccc(C2=NNC(c3ccc(Cl)cc3)=Nc3ccc(C)cc32)cc1. The first-order valence-electron chi connectivity index (χ1n) is 10.2. The minimum atomic E-state index is 0.686. The number of fused-ring (bicyclic) bond motifs is 1. The number of aryl methyl sites for hydroxylation is 1. The van der Waals surface area contributed by atoms with Crippen LogP contribution >= 0.6 is 11.6 Å². The number of hydrogen-bond donors (Lipinski definition) is 1. The highest BCUT2D eigenvalue weighted by Gasteiger charge is 2.17. The van der Waals surface area contributed by atoms with Gasteiger partial charge < -0.3 is 4.74 Å². The van der Waals surface area contributed by atoms with Crippen LogP contribution in [0.2, 0.25) is 5.02 Å². The van der Waals surface area contributed by atoms with E-state index in [1.165, 1.54) is 0 Å². The molecule has 0 unspecified atom stereocenters. The summed E-state index contributed by atoms with van der Waals surface area (Å²) in [6, 6.07) is 21.9. The molecule has 0 atom stereocenters. The Morgan fingerprint density at radius 1 is 0.933 bits per heavy atom. The van der Waals surface area contributed by atoms with Crippen molar-refractivity contribution in [1.82, 2.24) is 5.43 Å². The molecule has 5 heteroatoms. The van der Waals surface area contributed by atoms with Crippen LogP contribution in [0.3, 0.4) is 0 Å². The molecule has 30 heavy (non-hydrogen) atoms. The van der Waals surface area contributed by atoms with Crippen molar-refractivity contribution < 1.29 is 4.74 Å². The third-order valence-corrected chi connectivity index (χ3v) is 5.18. The maximum Gasteiger partial charge on any atom is 0.154 e. The van der Waals surface area contributed by atoms with Crippen molar-refractivity contribution in [1.29, 1.82) is 0 Å². The Kier molecular flexibility index (Phi) is 6.15. The molecule has 0 radical (unpaired) electrons. The fourth-order valence-electron chi connectivity index (χ4n) is 3.25. The van der Waals surface area contributed by atoms with Crippen LogP contribution in [0.4, 0.5) is 5.69 Å². The number of hydrogen-bond acceptors (Lipinski definition) is 4. The minimum Gasteiger partial charge on any atom is -0.494 e. The molecule has 0 saturated heterocycles. The number of benzene rings is 3. The summed E-state index contributed by atoms with van der Waals surface area (Å²) in [6.45, 7) is 4.97. The molecular formula is C25H24ClN3O. The molecule has 4 rings (SSSR count). The molecule has 0 amide bonds. The van der Waals surface area contributed by atoms with Gasteiger partial charge in [0.15, 0.2) is 5.84 Å². The highest BCUT2D eigenvalue weighted by Crippen LogP contribution is 2.28. The number of rotatable bonds is 6. The maximum absolute atomic E-state index is 6.04. The van der Waals surface area contributed by atoms with E-state index in [9.17, 15) is 0 Å². The van der Waals surface area contributed by atoms with Crippen molar-refractivity contribution >= 4 is 28.8 Å². The minimum absolute atomic E-state index is 0.686. The van der Waals surface area contributed by atoms with E-state index in [-0.39, 0.29) is 0 Å². The van der Waals surface area contributed by atoms with Gasteiger partial charge in [0.2, 0.25) is 0 Å². The van der Waals surface area contributed by atoms with Crippen molar-refractivity contribution in [3.63, 3.8) is 0 Å². The highest BCUT2D eigenvalue weighted by molar-refractivity contribution is 6.30. The van der Waals surface area contributed by atoms with Gasteiger partial charge in [0, 0.05) is 21.7 Å². The lowest BCUT2D eigenvalue weighted by molar-refractivity contribution is 0.309. The summed E-state index contributed by atoms with van der Waals surface area (Å²) in [5.41, 5.74) is 8.95. The van der Waals surface area contributed by atoms with Crippen LogP contribution in [0.25, 0.3) is 0 Å². The second-order valence-electron chi connectivity index (χ2n) is 7.29. The fraction of sp³-hybridized carbons (Fsp3) is 0.200. The Hall–Kier alpha value is -3.11. The van der Waals surface area contributed by atoms with Gasteiger partial charge in [-0.15, -0.1) is 0 Å². The van der Waals surface area contributed by atoms with E-state index < -0.39 is 0 Å². The molecule has 1 N–H and O–H groups in total. The number of halogens is 1. The van der Waals surface area contributed by atoms with Crippen LogP contribution in [0.1, 0.15) is 42.0 Å². The van der Waals surface area contributed by atoms with Gasteiger partial charge >= 0.3 is 0 Å². The normalized spacial score (nSPS) is 12.9. The number of hydrazone groups is 1. The quantitative estimate of drug-likeness (QED) is 0.481. The smallest absolute Gasteiger partial charge is 0.154 e. The second kappa shape index (κ2) is 9.14. The first-order chi connectivity index (χ1) is 14.6. The van der Waals surface area contributed by atoms with Gasteiger partial charge in [-0.1, -0.05) is 36.6 Å². The number of nitrogens with zero attached hydrogens (tertiary/aromatic N) is 2. The Balaban J connectivity index is 1.69. The van der Waals surface area contributed by atoms with Gasteiger partial charge in [-0.25, -0.2) is 4.99 Å². The van der Waals surface area contributed by atoms with Crippen molar-refractivity contribution in [3.05, 3.63) is 94.0 Å². The average molecular weight is 418 g/mol. The number of nitrogens with one attached hydrogen (secondary N) is 1. The lowest BCUT2D eigenvalue weighted by Gasteiger charge is -2.10. The van der Waals surface area contributed by atoms with Gasteiger partial charge in [-0.3, -0.25) is 5.43 Å². The molecule has 3 aromatic carbocycles. The molecule has 1 heterocycles. The summed E-state index contributed by atoms with van der Waals surface area (Å²) in [5.74, 6) is 1.56. The fourth-order valence-corrected chi connectivity index (χ4v) is 3.38. The van der Waals surface area contributed by atoms with E-state index in [4.69, 9.17) is 26.4 Å². The van der Waals surface area contributed by atoms with Gasteiger partial charge in [-0.2, -0.15) is 5.10 Å². The predicted molar refractivity (Wildman–Crippen MR) is 124 cm³/mol. The van der Waals surface area contributed by atoms with Crippen molar-refractivity contribution in [2.45, 2.75) is 26.7 Å². The molecule has 152 valence electrons. The maximum atomic E-state index is 6.04. The lowest BCUT2D eigenvalue weighted by atomic mass is 9.99. The van der Waals surface area contributed by atoms with Crippen LogP contribution in [0.5, 0.6) is 5.75 Å². The number of amidine groups is 1. The Labute approximate surface area is 182 Å². The zero-order valence-corrected chi connectivity index (χ0v) is 17.9. The third kappa shape index (κ3) is 4.55. The zero-order chi connectivity index (χ0) is 20.9. The van der Waals surface area contributed by atoms with E-state index in [0.29, 0.717) is 10.9 Å². The highest BCUT2D eigenvalue weighted by atomic mass is 35.5. The van der Waals surface area contributed by atoms with Crippen molar-refractivity contribution in [3.8, 4) is 5.75 Å². The first kappa shape index (κ1) is 20.2. The van der Waals surface area contributed by atoms with E-state index in [1.54, 1.807) is 0 Å². The van der Waals surface area contributed by atoms with E-state index in [0.717, 1.165) is 58.9 Å². The Bertz CT molecular complexity index is 1090. The summed E-state index contributed by atoms with van der Waals surface area (Å²) in [7, 11) is 0. The Morgan fingerprint density at radius 3 is 2.40 bits per heavy atom. The third-order valence-electron chi connectivity index (χ3n) is 4.93. The van der Waals surface area contributed by atoms with E-state index in [1.807, 2.05) is 54.6 Å². The van der Waals surface area contributed by atoms with Crippen LogP contribution in [0.15, 0.2) is 76.8 Å². The largest absolute Gasteiger partial charge is 0.494 e. The van der Waals surface area contributed by atoms with Crippen molar-refractivity contribution in [2.24, 2.45) is 10.1 Å². The summed E-state index contributed by atoms with van der Waals surface area (Å²) in [4.78, 5) is 4.85. The predicted octanol–water partition coefficient (Wildman–Crippen LogP) is 6.26. The summed E-state index contributed by atoms with van der Waals surface area (Å²) in [6.07, 6.45) is 2.17. The molecule has 4 nitrogen and oxygen atoms in total. The molecule has 0 fully saturated rings. The molecule has 0 bridgehead atoms. The molecular weight excluding hydrogens is 394 g/mol. The molecule has 0 aliphatic carbocycles. The van der Waals surface area contributed by atoms with Crippen LogP contribution in [-0.2, 0) is 0 Å². The number of aliphatic imine (C=N–C) groups is 1. The van der Waals surface area contributed by atoms with Crippen LogP contribution < -0.4 is 10.2 Å². The van der Waals surface area contributed by atoms with Crippen LogP contribution in [0, 0.1) is 6.92 Å². The second-order valence-corrected chi connectivity index (χ2v) is 7.72. The average Bonchev–Trinajstić information content (AvgIpc) is 2.94. The number of ether oxygens (including phenoxy) is 1. The number of unbranched alkanes of at least 4 members (excludes halogenated alkanes) is 1. The van der Waals surface area contributed by atoms with Gasteiger partial charge in [0.05, 0.1) is 18.0 Å². The molecule has 1 aliphatic heterocycles. The molecule has 3 aromatic rings. The van der Waals surface area contributed by atoms with Crippen molar-refractivity contribution in [2.75, 3.05) is 6.61 Å². The first-order valence-corrected chi connectivity index (χ1v) is 10.5. The molecule has 0 aromatic heterocycles. The lowest BCUT2D eigenvalue weighted by Crippen LogP contribution is -2.19. The van der Waals surface area contributed by atoms with E-state index in [2.05, 4.69) is 31.4 Å². The summed E-state index contributed by atoms with van der Waals surface area (Å²) < 4.78 is 5.80. The van der Waals surface area contributed by atoms with Crippen LogP contribution in [-0.4, -0.2) is 18.2 Å². The monoisotopic (exact) mass is 417 g/mol. The van der Waals surface area contributed by atoms with Gasteiger partial charge in [0.1, 0.15) is 5.75 Å². The standard InChI is InChI=1S/C25H24ClN3O/c1-3-4-15-30-21-12-8-18(9-13-21)24-22-16-17(2)5-14-23(22)27-25(29-28-24)19-6-10-20(26)11-7-19/h5-14,16H,3-4,15H2,1-2H3,(H,27,29). The van der Waals surface area contributed by atoms with E-state index >= 15 is 0 Å². The molecule has 0 saturated carbocycles. The molecule has 1 aliphatic rings. The topological polar surface area (TPSA) is 46.0 Å². The summed E-state index contributed by atoms with van der Waals surface area (Å²) in [5, 5.41) is 5.41. The molecule has 0 spiro atoms.